The van der Waals surface area contributed by atoms with Crippen molar-refractivity contribution in [2.45, 2.75) is 26.0 Å². The van der Waals surface area contributed by atoms with Gasteiger partial charge in [-0.15, -0.1) is 24.0 Å². The maximum Gasteiger partial charge on any atom is 0.191 e. The van der Waals surface area contributed by atoms with Gasteiger partial charge in [-0.1, -0.05) is 42.5 Å². The van der Waals surface area contributed by atoms with E-state index in [1.54, 1.807) is 6.07 Å². The van der Waals surface area contributed by atoms with Crippen molar-refractivity contribution in [1.29, 1.82) is 0 Å². The molecule has 0 heterocycles. The lowest BCUT2D eigenvalue weighted by Gasteiger charge is -2.15. The zero-order valence-electron chi connectivity index (χ0n) is 14.3. The number of halogens is 2. The molecule has 0 radical (unpaired) electrons. The van der Waals surface area contributed by atoms with E-state index >= 15 is 0 Å². The Hall–Kier alpha value is -1.67. The van der Waals surface area contributed by atoms with Crippen LogP contribution >= 0.6 is 24.0 Å². The Kier molecular flexibility index (Phi) is 10.1. The van der Waals surface area contributed by atoms with Crippen LogP contribution in [-0.4, -0.2) is 30.3 Å². The first-order valence-electron chi connectivity index (χ1n) is 8.16. The average Bonchev–Trinajstić information content (AvgIpc) is 2.58. The fraction of sp³-hybridized carbons (Fsp3) is 0.316. The largest absolute Gasteiger partial charge is 0.391 e. The van der Waals surface area contributed by atoms with E-state index in [9.17, 15) is 9.50 Å². The third kappa shape index (κ3) is 8.31. The summed E-state index contributed by atoms with van der Waals surface area (Å²) in [5.74, 6) is 0.341. The van der Waals surface area contributed by atoms with E-state index in [0.29, 0.717) is 32.0 Å². The van der Waals surface area contributed by atoms with E-state index in [2.05, 4.69) is 15.6 Å². The lowest BCUT2D eigenvalue weighted by Crippen LogP contribution is -2.41. The van der Waals surface area contributed by atoms with E-state index in [4.69, 9.17) is 0 Å². The third-order valence-electron chi connectivity index (χ3n) is 3.47. The van der Waals surface area contributed by atoms with Gasteiger partial charge in [0, 0.05) is 19.5 Å². The molecule has 3 N–H and O–H groups in total. The lowest BCUT2D eigenvalue weighted by atomic mass is 10.1. The lowest BCUT2D eigenvalue weighted by molar-refractivity contribution is 0.177. The van der Waals surface area contributed by atoms with Gasteiger partial charge in [-0.3, -0.25) is 0 Å². The molecule has 0 bridgehead atoms. The van der Waals surface area contributed by atoms with E-state index in [-0.39, 0.29) is 29.8 Å². The minimum Gasteiger partial charge on any atom is -0.391 e. The molecule has 4 nitrogen and oxygen atoms in total. The number of benzene rings is 2. The monoisotopic (exact) mass is 457 g/mol. The molecule has 6 heteroatoms. The van der Waals surface area contributed by atoms with E-state index in [0.717, 1.165) is 11.1 Å². The number of aliphatic hydroxyl groups is 1. The van der Waals surface area contributed by atoms with Gasteiger partial charge in [0.05, 0.1) is 12.6 Å². The van der Waals surface area contributed by atoms with Crippen LogP contribution in [0.3, 0.4) is 0 Å². The van der Waals surface area contributed by atoms with Crippen molar-refractivity contribution >= 4 is 29.9 Å². The molecular weight excluding hydrogens is 432 g/mol. The highest BCUT2D eigenvalue weighted by Crippen LogP contribution is 2.05. The molecule has 2 aromatic rings. The standard InChI is InChI=1S/C19H24FN3O.HI/c1-2-21-19(22-13-16-9-6-10-17(20)11-16)23-14-18(24)12-15-7-4-3-5-8-15;/h3-11,18,24H,2,12-14H2,1H3,(H2,21,22,23);1H. The van der Waals surface area contributed by atoms with E-state index in [1.165, 1.54) is 12.1 Å². The molecule has 0 aliphatic rings. The van der Waals surface area contributed by atoms with Crippen LogP contribution in [0.2, 0.25) is 0 Å². The minimum atomic E-state index is -0.509. The molecule has 0 aromatic heterocycles. The maximum absolute atomic E-state index is 13.2. The molecule has 136 valence electrons. The average molecular weight is 457 g/mol. The van der Waals surface area contributed by atoms with Crippen LogP contribution in [0, 0.1) is 5.82 Å². The van der Waals surface area contributed by atoms with Crippen LogP contribution in [0.4, 0.5) is 4.39 Å². The molecule has 0 spiro atoms. The van der Waals surface area contributed by atoms with Gasteiger partial charge in [-0.25, -0.2) is 9.38 Å². The van der Waals surface area contributed by atoms with Crippen LogP contribution in [0.5, 0.6) is 0 Å². The highest BCUT2D eigenvalue weighted by Gasteiger charge is 2.07. The van der Waals surface area contributed by atoms with E-state index in [1.807, 2.05) is 43.3 Å². The van der Waals surface area contributed by atoms with Crippen LogP contribution in [0.15, 0.2) is 59.6 Å². The Balaban J connectivity index is 0.00000312. The summed E-state index contributed by atoms with van der Waals surface area (Å²) in [6, 6.07) is 16.2. The number of hydrogen-bond acceptors (Lipinski definition) is 2. The quantitative estimate of drug-likeness (QED) is 0.340. The first kappa shape index (κ1) is 21.4. The molecule has 2 aromatic carbocycles. The molecule has 1 atom stereocenters. The summed E-state index contributed by atoms with van der Waals surface area (Å²) in [7, 11) is 0. The first-order chi connectivity index (χ1) is 11.7. The normalized spacial score (nSPS) is 12.2. The number of hydrogen-bond donors (Lipinski definition) is 3. The van der Waals surface area contributed by atoms with Crippen LogP contribution < -0.4 is 10.6 Å². The fourth-order valence-electron chi connectivity index (χ4n) is 2.32. The highest BCUT2D eigenvalue weighted by molar-refractivity contribution is 14.0. The van der Waals surface area contributed by atoms with Crippen molar-refractivity contribution in [3.05, 3.63) is 71.5 Å². The summed E-state index contributed by atoms with van der Waals surface area (Å²) in [6.45, 7) is 3.45. The van der Waals surface area contributed by atoms with Gasteiger partial charge in [-0.05, 0) is 30.2 Å². The first-order valence-corrected chi connectivity index (χ1v) is 8.16. The van der Waals surface area contributed by atoms with Gasteiger partial charge in [0.25, 0.3) is 0 Å². The molecule has 0 aliphatic heterocycles. The summed E-state index contributed by atoms with van der Waals surface area (Å²) >= 11 is 0. The summed E-state index contributed by atoms with van der Waals surface area (Å²) in [4.78, 5) is 4.42. The van der Waals surface area contributed by atoms with Crippen molar-refractivity contribution in [3.63, 3.8) is 0 Å². The Morgan fingerprint density at radius 1 is 1.08 bits per heavy atom. The van der Waals surface area contributed by atoms with Crippen LogP contribution in [0.1, 0.15) is 18.1 Å². The van der Waals surface area contributed by atoms with Gasteiger partial charge in [0.15, 0.2) is 5.96 Å². The topological polar surface area (TPSA) is 56.7 Å². The number of rotatable bonds is 7. The Bertz CT molecular complexity index is 652. The molecular formula is C19H25FIN3O. The van der Waals surface area contributed by atoms with Gasteiger partial charge in [-0.2, -0.15) is 0 Å². The number of nitrogens with zero attached hydrogens (tertiary/aromatic N) is 1. The second-order valence-corrected chi connectivity index (χ2v) is 5.55. The van der Waals surface area contributed by atoms with Gasteiger partial charge < -0.3 is 15.7 Å². The van der Waals surface area contributed by atoms with Crippen molar-refractivity contribution in [2.75, 3.05) is 13.1 Å². The zero-order chi connectivity index (χ0) is 17.2. The summed E-state index contributed by atoms with van der Waals surface area (Å²) in [5.41, 5.74) is 1.89. The van der Waals surface area contributed by atoms with Gasteiger partial charge in [0.1, 0.15) is 5.82 Å². The molecule has 25 heavy (non-hydrogen) atoms. The minimum absolute atomic E-state index is 0. The summed E-state index contributed by atoms with van der Waals surface area (Å²) in [5, 5.41) is 16.4. The second kappa shape index (κ2) is 11.8. The zero-order valence-corrected chi connectivity index (χ0v) is 16.6. The molecule has 0 amide bonds. The van der Waals surface area contributed by atoms with E-state index < -0.39 is 6.10 Å². The Morgan fingerprint density at radius 3 is 2.48 bits per heavy atom. The van der Waals surface area contributed by atoms with Crippen molar-refractivity contribution in [2.24, 2.45) is 4.99 Å². The Labute approximate surface area is 165 Å². The molecule has 0 aliphatic carbocycles. The Morgan fingerprint density at radius 2 is 1.80 bits per heavy atom. The van der Waals surface area contributed by atoms with Gasteiger partial charge >= 0.3 is 0 Å². The predicted molar refractivity (Wildman–Crippen MR) is 111 cm³/mol. The smallest absolute Gasteiger partial charge is 0.191 e. The molecule has 2 rings (SSSR count). The van der Waals surface area contributed by atoms with Gasteiger partial charge in [0.2, 0.25) is 0 Å². The predicted octanol–water partition coefficient (Wildman–Crippen LogP) is 3.10. The van der Waals surface area contributed by atoms with Crippen LogP contribution in [0.25, 0.3) is 0 Å². The molecule has 1 unspecified atom stereocenters. The van der Waals surface area contributed by atoms with Crippen molar-refractivity contribution < 1.29 is 9.50 Å². The maximum atomic E-state index is 13.2. The molecule has 0 saturated heterocycles. The van der Waals surface area contributed by atoms with Crippen molar-refractivity contribution in [1.82, 2.24) is 10.6 Å². The summed E-state index contributed by atoms with van der Waals surface area (Å²) in [6.07, 6.45) is 0.0716. The second-order valence-electron chi connectivity index (χ2n) is 5.55. The SMILES string of the molecule is CCNC(=NCc1cccc(F)c1)NCC(O)Cc1ccccc1.I. The number of nitrogens with one attached hydrogen (secondary N) is 2. The van der Waals surface area contributed by atoms with Crippen LogP contribution in [-0.2, 0) is 13.0 Å². The summed E-state index contributed by atoms with van der Waals surface area (Å²) < 4.78 is 13.2. The highest BCUT2D eigenvalue weighted by atomic mass is 127. The molecule has 0 fully saturated rings. The number of guanidine groups is 1. The fourth-order valence-corrected chi connectivity index (χ4v) is 2.32. The number of aliphatic hydroxyl groups excluding tert-OH is 1. The molecule has 0 saturated carbocycles. The van der Waals surface area contributed by atoms with Crippen molar-refractivity contribution in [3.8, 4) is 0 Å². The number of aliphatic imine (C=N–C) groups is 1. The third-order valence-corrected chi connectivity index (χ3v) is 3.47.